The Bertz CT molecular complexity index is 742. The molecule has 1 aliphatic heterocycles. The second-order valence-corrected chi connectivity index (χ2v) is 6.75. The molecule has 3 rings (SSSR count). The summed E-state index contributed by atoms with van der Waals surface area (Å²) in [5.41, 5.74) is 3.52. The molecule has 1 fully saturated rings. The molecule has 0 aliphatic carbocycles. The van der Waals surface area contributed by atoms with Gasteiger partial charge in [0.2, 0.25) is 0 Å². The highest BCUT2D eigenvalue weighted by molar-refractivity contribution is 5.92. The van der Waals surface area contributed by atoms with Crippen LogP contribution in [0, 0.1) is 0 Å². The van der Waals surface area contributed by atoms with E-state index in [-0.39, 0.29) is 5.91 Å². The van der Waals surface area contributed by atoms with E-state index in [1.54, 1.807) is 17.2 Å². The van der Waals surface area contributed by atoms with Crippen molar-refractivity contribution in [2.24, 2.45) is 0 Å². The number of pyridine rings is 1. The maximum absolute atomic E-state index is 12.4. The van der Waals surface area contributed by atoms with E-state index in [0.717, 1.165) is 62.8 Å². The van der Waals surface area contributed by atoms with E-state index < -0.39 is 0 Å². The number of rotatable bonds is 7. The van der Waals surface area contributed by atoms with Gasteiger partial charge in [0.25, 0.3) is 5.91 Å². The fraction of sp³-hybridized carbons (Fsp3) is 0.429. The molecule has 27 heavy (non-hydrogen) atoms. The lowest BCUT2D eigenvalue weighted by Crippen LogP contribution is -2.36. The zero-order chi connectivity index (χ0) is 19.1. The minimum Gasteiger partial charge on any atom is -0.378 e. The predicted molar refractivity (Wildman–Crippen MR) is 109 cm³/mol. The lowest BCUT2D eigenvalue weighted by atomic mass is 10.2. The van der Waals surface area contributed by atoms with Gasteiger partial charge < -0.3 is 19.9 Å². The SMILES string of the molecule is CCCCN(C)C(=O)c1ccc(Nc2ccccc2N2CCOCC2)cn1. The molecule has 2 aromatic rings. The largest absolute Gasteiger partial charge is 0.378 e. The van der Waals surface area contributed by atoms with Crippen molar-refractivity contribution in [2.75, 3.05) is 50.1 Å². The highest BCUT2D eigenvalue weighted by Gasteiger charge is 2.15. The van der Waals surface area contributed by atoms with Gasteiger partial charge in [0.15, 0.2) is 0 Å². The number of para-hydroxylation sites is 2. The summed E-state index contributed by atoms with van der Waals surface area (Å²) in [6, 6.07) is 11.9. The van der Waals surface area contributed by atoms with E-state index in [1.165, 1.54) is 0 Å². The van der Waals surface area contributed by atoms with Crippen LogP contribution in [0.25, 0.3) is 0 Å². The highest BCUT2D eigenvalue weighted by Crippen LogP contribution is 2.29. The maximum Gasteiger partial charge on any atom is 0.272 e. The van der Waals surface area contributed by atoms with Crippen molar-refractivity contribution in [1.82, 2.24) is 9.88 Å². The summed E-state index contributed by atoms with van der Waals surface area (Å²) < 4.78 is 5.45. The molecule has 0 atom stereocenters. The molecule has 0 spiro atoms. The van der Waals surface area contributed by atoms with Gasteiger partial charge in [-0.05, 0) is 30.7 Å². The van der Waals surface area contributed by atoms with Gasteiger partial charge in [-0.3, -0.25) is 4.79 Å². The Kier molecular flexibility index (Phi) is 6.65. The summed E-state index contributed by atoms with van der Waals surface area (Å²) in [7, 11) is 1.82. The summed E-state index contributed by atoms with van der Waals surface area (Å²) in [5, 5.41) is 3.43. The normalized spacial score (nSPS) is 14.1. The molecule has 1 amide bonds. The number of nitrogens with one attached hydrogen (secondary N) is 1. The van der Waals surface area contributed by atoms with Gasteiger partial charge >= 0.3 is 0 Å². The van der Waals surface area contributed by atoms with Crippen LogP contribution in [0.15, 0.2) is 42.6 Å². The van der Waals surface area contributed by atoms with Crippen LogP contribution in [0.1, 0.15) is 30.3 Å². The standard InChI is InChI=1S/C21H28N4O2/c1-3-4-11-24(2)21(26)19-10-9-17(16-22-19)23-18-7-5-6-8-20(18)25-12-14-27-15-13-25/h5-10,16,23H,3-4,11-15H2,1-2H3. The van der Waals surface area contributed by atoms with Gasteiger partial charge in [-0.25, -0.2) is 4.98 Å². The van der Waals surface area contributed by atoms with Gasteiger partial charge in [0, 0.05) is 26.7 Å². The van der Waals surface area contributed by atoms with E-state index >= 15 is 0 Å². The summed E-state index contributed by atoms with van der Waals surface area (Å²) in [6.07, 6.45) is 3.79. The van der Waals surface area contributed by atoms with Gasteiger partial charge in [-0.2, -0.15) is 0 Å². The third-order valence-corrected chi connectivity index (χ3v) is 4.71. The Morgan fingerprint density at radius 1 is 1.22 bits per heavy atom. The third-order valence-electron chi connectivity index (χ3n) is 4.71. The second-order valence-electron chi connectivity index (χ2n) is 6.75. The number of carbonyl (C=O) groups is 1. The minimum atomic E-state index is -0.0382. The maximum atomic E-state index is 12.4. The number of morpholine rings is 1. The molecule has 144 valence electrons. The Morgan fingerprint density at radius 2 is 2.00 bits per heavy atom. The van der Waals surface area contributed by atoms with Crippen molar-refractivity contribution in [2.45, 2.75) is 19.8 Å². The first kappa shape index (κ1) is 19.2. The number of ether oxygens (including phenoxy) is 1. The highest BCUT2D eigenvalue weighted by atomic mass is 16.5. The zero-order valence-corrected chi connectivity index (χ0v) is 16.1. The molecule has 6 nitrogen and oxygen atoms in total. The van der Waals surface area contributed by atoms with E-state index in [4.69, 9.17) is 4.74 Å². The van der Waals surface area contributed by atoms with Crippen LogP contribution in [-0.2, 0) is 4.74 Å². The van der Waals surface area contributed by atoms with Crippen molar-refractivity contribution in [1.29, 1.82) is 0 Å². The Labute approximate surface area is 161 Å². The fourth-order valence-corrected chi connectivity index (χ4v) is 3.10. The smallest absolute Gasteiger partial charge is 0.272 e. The Morgan fingerprint density at radius 3 is 2.70 bits per heavy atom. The molecule has 2 heterocycles. The molecule has 1 N–H and O–H groups in total. The molecule has 0 bridgehead atoms. The lowest BCUT2D eigenvalue weighted by Gasteiger charge is -2.30. The van der Waals surface area contributed by atoms with Crippen molar-refractivity contribution >= 4 is 23.0 Å². The zero-order valence-electron chi connectivity index (χ0n) is 16.1. The molecule has 1 saturated heterocycles. The summed E-state index contributed by atoms with van der Waals surface area (Å²) in [6.45, 7) is 6.13. The van der Waals surface area contributed by atoms with Crippen molar-refractivity contribution in [3.8, 4) is 0 Å². The molecular weight excluding hydrogens is 340 g/mol. The second kappa shape index (κ2) is 9.37. The van der Waals surface area contributed by atoms with Gasteiger partial charge in [-0.1, -0.05) is 25.5 Å². The van der Waals surface area contributed by atoms with Gasteiger partial charge in [-0.15, -0.1) is 0 Å². The van der Waals surface area contributed by atoms with Crippen molar-refractivity contribution in [3.05, 3.63) is 48.3 Å². The van der Waals surface area contributed by atoms with Crippen LogP contribution in [0.2, 0.25) is 0 Å². The van der Waals surface area contributed by atoms with Crippen LogP contribution < -0.4 is 10.2 Å². The molecule has 1 aromatic carbocycles. The molecule has 0 unspecified atom stereocenters. The minimum absolute atomic E-state index is 0.0382. The number of hydrogen-bond donors (Lipinski definition) is 1. The van der Waals surface area contributed by atoms with Crippen LogP contribution in [0.3, 0.4) is 0 Å². The van der Waals surface area contributed by atoms with E-state index in [1.807, 2.05) is 25.2 Å². The Balaban J connectivity index is 1.69. The average Bonchev–Trinajstić information content (AvgIpc) is 2.73. The molecule has 6 heteroatoms. The molecular formula is C21H28N4O2. The first-order chi connectivity index (χ1) is 13.2. The number of aromatic nitrogens is 1. The summed E-state index contributed by atoms with van der Waals surface area (Å²) >= 11 is 0. The van der Waals surface area contributed by atoms with Crippen LogP contribution in [-0.4, -0.2) is 55.7 Å². The van der Waals surface area contributed by atoms with E-state index in [2.05, 4.69) is 34.3 Å². The average molecular weight is 368 g/mol. The van der Waals surface area contributed by atoms with Crippen molar-refractivity contribution in [3.63, 3.8) is 0 Å². The number of carbonyl (C=O) groups excluding carboxylic acids is 1. The van der Waals surface area contributed by atoms with Crippen molar-refractivity contribution < 1.29 is 9.53 Å². The quantitative estimate of drug-likeness (QED) is 0.810. The number of benzene rings is 1. The predicted octanol–water partition coefficient (Wildman–Crippen LogP) is 3.53. The fourth-order valence-electron chi connectivity index (χ4n) is 3.10. The first-order valence-electron chi connectivity index (χ1n) is 9.59. The first-order valence-corrected chi connectivity index (χ1v) is 9.59. The lowest BCUT2D eigenvalue weighted by molar-refractivity contribution is 0.0787. The van der Waals surface area contributed by atoms with Crippen LogP contribution in [0.5, 0.6) is 0 Å². The third kappa shape index (κ3) is 4.98. The number of amides is 1. The number of hydrogen-bond acceptors (Lipinski definition) is 5. The summed E-state index contributed by atoms with van der Waals surface area (Å²) in [4.78, 5) is 20.8. The van der Waals surface area contributed by atoms with E-state index in [0.29, 0.717) is 5.69 Å². The Hall–Kier alpha value is -2.60. The number of anilines is 3. The van der Waals surface area contributed by atoms with Gasteiger partial charge in [0.05, 0.1) is 36.5 Å². The number of nitrogens with zero attached hydrogens (tertiary/aromatic N) is 3. The summed E-state index contributed by atoms with van der Waals surface area (Å²) in [5.74, 6) is -0.0382. The number of unbranched alkanes of at least 4 members (excludes halogenated alkanes) is 1. The molecule has 0 radical (unpaired) electrons. The molecule has 1 aliphatic rings. The van der Waals surface area contributed by atoms with Crippen LogP contribution in [0.4, 0.5) is 17.1 Å². The molecule has 1 aromatic heterocycles. The monoisotopic (exact) mass is 368 g/mol. The topological polar surface area (TPSA) is 57.7 Å². The molecule has 0 saturated carbocycles. The van der Waals surface area contributed by atoms with Crippen LogP contribution >= 0.6 is 0 Å². The van der Waals surface area contributed by atoms with E-state index in [9.17, 15) is 4.79 Å². The van der Waals surface area contributed by atoms with Gasteiger partial charge in [0.1, 0.15) is 5.69 Å².